The second kappa shape index (κ2) is 4.47. The number of amides is 2. The van der Waals surface area contributed by atoms with Crippen molar-refractivity contribution in [3.8, 4) is 0 Å². The van der Waals surface area contributed by atoms with Gasteiger partial charge in [-0.1, -0.05) is 19.4 Å². The van der Waals surface area contributed by atoms with E-state index in [1.807, 2.05) is 13.0 Å². The van der Waals surface area contributed by atoms with Crippen LogP contribution in [0, 0.1) is 5.41 Å². The van der Waals surface area contributed by atoms with Gasteiger partial charge in [0.05, 0.1) is 5.71 Å². The van der Waals surface area contributed by atoms with Crippen molar-refractivity contribution in [3.63, 3.8) is 0 Å². The molecule has 0 saturated carbocycles. The first-order chi connectivity index (χ1) is 7.30. The van der Waals surface area contributed by atoms with E-state index in [1.54, 1.807) is 0 Å². The van der Waals surface area contributed by atoms with E-state index in [-0.39, 0.29) is 5.41 Å². The van der Waals surface area contributed by atoms with Crippen LogP contribution in [-0.4, -0.2) is 17.5 Å². The molecule has 5 heteroatoms. The van der Waals surface area contributed by atoms with Gasteiger partial charge in [0.25, 0.3) is 0 Å². The lowest BCUT2D eigenvalue weighted by Gasteiger charge is -2.29. The Balaban J connectivity index is 2.74. The number of primary amides is 1. The van der Waals surface area contributed by atoms with Gasteiger partial charge in [0.15, 0.2) is 0 Å². The van der Waals surface area contributed by atoms with Crippen molar-refractivity contribution < 1.29 is 9.59 Å². The Bertz CT molecular complexity index is 381. The molecular formula is C11H17N3O2. The Morgan fingerprint density at radius 3 is 2.56 bits per heavy atom. The van der Waals surface area contributed by atoms with Crippen molar-refractivity contribution in [2.75, 3.05) is 0 Å². The summed E-state index contributed by atoms with van der Waals surface area (Å²) in [5, 5.41) is 3.89. The molecule has 88 valence electrons. The van der Waals surface area contributed by atoms with Gasteiger partial charge in [-0.2, -0.15) is 5.10 Å². The average molecular weight is 223 g/mol. The van der Waals surface area contributed by atoms with Crippen LogP contribution in [0.2, 0.25) is 0 Å². The van der Waals surface area contributed by atoms with Crippen LogP contribution >= 0.6 is 0 Å². The smallest absolute Gasteiger partial charge is 0.329 e. The lowest BCUT2D eigenvalue weighted by Crippen LogP contribution is -2.34. The summed E-state index contributed by atoms with van der Waals surface area (Å²) in [6.45, 7) is 6.29. The van der Waals surface area contributed by atoms with E-state index in [0.29, 0.717) is 0 Å². The first kappa shape index (κ1) is 12.4. The second-order valence-electron chi connectivity index (χ2n) is 4.92. The first-order valence-corrected chi connectivity index (χ1v) is 5.14. The Labute approximate surface area is 94.8 Å². The molecule has 0 atom stereocenters. The van der Waals surface area contributed by atoms with E-state index >= 15 is 0 Å². The summed E-state index contributed by atoms with van der Waals surface area (Å²) < 4.78 is 0. The van der Waals surface area contributed by atoms with Crippen LogP contribution in [0.5, 0.6) is 0 Å². The van der Waals surface area contributed by atoms with E-state index in [2.05, 4.69) is 24.4 Å². The summed E-state index contributed by atoms with van der Waals surface area (Å²) >= 11 is 0. The topological polar surface area (TPSA) is 84.6 Å². The van der Waals surface area contributed by atoms with E-state index in [1.165, 1.54) is 5.57 Å². The Hall–Kier alpha value is -1.65. The molecule has 16 heavy (non-hydrogen) atoms. The highest BCUT2D eigenvalue weighted by atomic mass is 16.2. The van der Waals surface area contributed by atoms with Crippen molar-refractivity contribution in [3.05, 3.63) is 11.6 Å². The van der Waals surface area contributed by atoms with Gasteiger partial charge in [-0.15, -0.1) is 0 Å². The quantitative estimate of drug-likeness (QED) is 0.507. The predicted molar refractivity (Wildman–Crippen MR) is 61.5 cm³/mol. The summed E-state index contributed by atoms with van der Waals surface area (Å²) in [6.07, 6.45) is 3.70. The molecule has 0 heterocycles. The van der Waals surface area contributed by atoms with Crippen LogP contribution in [0.15, 0.2) is 16.8 Å². The van der Waals surface area contributed by atoms with Gasteiger partial charge in [0, 0.05) is 0 Å². The van der Waals surface area contributed by atoms with E-state index in [9.17, 15) is 9.59 Å². The number of hydrogen-bond donors (Lipinski definition) is 2. The molecule has 0 aromatic rings. The number of rotatable bonds is 1. The van der Waals surface area contributed by atoms with Gasteiger partial charge in [-0.3, -0.25) is 9.59 Å². The Kier molecular flexibility index (Phi) is 3.47. The third-order valence-corrected chi connectivity index (χ3v) is 2.35. The van der Waals surface area contributed by atoms with Gasteiger partial charge in [0.2, 0.25) is 0 Å². The number of nitrogens with two attached hydrogens (primary N) is 1. The Morgan fingerprint density at radius 2 is 2.06 bits per heavy atom. The fourth-order valence-electron chi connectivity index (χ4n) is 1.94. The average Bonchev–Trinajstić information content (AvgIpc) is 2.10. The van der Waals surface area contributed by atoms with Crippen molar-refractivity contribution in [1.82, 2.24) is 5.43 Å². The fraction of sp³-hybridized carbons (Fsp3) is 0.545. The molecular weight excluding hydrogens is 206 g/mol. The lowest BCUT2D eigenvalue weighted by atomic mass is 9.77. The molecule has 0 aromatic carbocycles. The van der Waals surface area contributed by atoms with Crippen molar-refractivity contribution >= 4 is 17.5 Å². The maximum atomic E-state index is 10.9. The van der Waals surface area contributed by atoms with Crippen LogP contribution in [0.1, 0.15) is 33.6 Å². The van der Waals surface area contributed by atoms with Gasteiger partial charge in [-0.25, -0.2) is 5.43 Å². The molecule has 1 aliphatic carbocycles. The second-order valence-corrected chi connectivity index (χ2v) is 4.92. The van der Waals surface area contributed by atoms with Crippen LogP contribution in [0.3, 0.4) is 0 Å². The summed E-state index contributed by atoms with van der Waals surface area (Å²) in [5.74, 6) is -1.91. The van der Waals surface area contributed by atoms with Gasteiger partial charge in [0.1, 0.15) is 0 Å². The van der Waals surface area contributed by atoms with Crippen molar-refractivity contribution in [2.45, 2.75) is 33.6 Å². The molecule has 1 rings (SSSR count). The molecule has 0 aliphatic heterocycles. The highest BCUT2D eigenvalue weighted by Crippen LogP contribution is 2.33. The maximum Gasteiger partial charge on any atom is 0.329 e. The standard InChI is InChI=1S/C11H17N3O2/c1-7-4-8(6-11(2,3)5-7)13-14-10(16)9(12)15/h4H,5-6H2,1-3H3,(H2,12,15)(H,14,16)/b13-8+. The minimum atomic E-state index is -1.03. The molecule has 0 radical (unpaired) electrons. The van der Waals surface area contributed by atoms with Gasteiger partial charge in [-0.05, 0) is 31.3 Å². The summed E-state index contributed by atoms with van der Waals surface area (Å²) in [5.41, 5.74) is 9.05. The van der Waals surface area contributed by atoms with Gasteiger partial charge < -0.3 is 5.73 Å². The predicted octanol–water partition coefficient (Wildman–Crippen LogP) is 0.710. The van der Waals surface area contributed by atoms with Crippen LogP contribution in [-0.2, 0) is 9.59 Å². The van der Waals surface area contributed by atoms with Crippen molar-refractivity contribution in [1.29, 1.82) is 0 Å². The third-order valence-electron chi connectivity index (χ3n) is 2.35. The summed E-state index contributed by atoms with van der Waals surface area (Å²) in [6, 6.07) is 0. The molecule has 0 unspecified atom stereocenters. The number of carbonyl (C=O) groups is 2. The lowest BCUT2D eigenvalue weighted by molar-refractivity contribution is -0.137. The molecule has 0 saturated heterocycles. The monoisotopic (exact) mass is 223 g/mol. The molecule has 0 aromatic heterocycles. The van der Waals surface area contributed by atoms with Crippen LogP contribution < -0.4 is 11.2 Å². The summed E-state index contributed by atoms with van der Waals surface area (Å²) in [4.78, 5) is 21.4. The molecule has 2 amide bonds. The van der Waals surface area contributed by atoms with E-state index in [4.69, 9.17) is 5.73 Å². The molecule has 3 N–H and O–H groups in total. The fourth-order valence-corrected chi connectivity index (χ4v) is 1.94. The zero-order chi connectivity index (χ0) is 12.3. The third kappa shape index (κ3) is 3.49. The zero-order valence-corrected chi connectivity index (χ0v) is 9.83. The minimum absolute atomic E-state index is 0.134. The molecule has 5 nitrogen and oxygen atoms in total. The zero-order valence-electron chi connectivity index (χ0n) is 9.83. The highest BCUT2D eigenvalue weighted by Gasteiger charge is 2.24. The van der Waals surface area contributed by atoms with Crippen LogP contribution in [0.25, 0.3) is 0 Å². The molecule has 0 fully saturated rings. The molecule has 0 bridgehead atoms. The normalized spacial score (nSPS) is 21.4. The SMILES string of the molecule is CC1=C/C(=N\NC(=O)C(N)=O)CC(C)(C)C1. The van der Waals surface area contributed by atoms with Crippen LogP contribution in [0.4, 0.5) is 0 Å². The number of hydrazone groups is 1. The number of nitrogens with one attached hydrogen (secondary N) is 1. The van der Waals surface area contributed by atoms with E-state index in [0.717, 1.165) is 18.6 Å². The van der Waals surface area contributed by atoms with Gasteiger partial charge >= 0.3 is 11.8 Å². The van der Waals surface area contributed by atoms with E-state index < -0.39 is 11.8 Å². The number of carbonyl (C=O) groups excluding carboxylic acids is 2. The first-order valence-electron chi connectivity index (χ1n) is 5.14. The van der Waals surface area contributed by atoms with Crippen molar-refractivity contribution in [2.24, 2.45) is 16.3 Å². The largest absolute Gasteiger partial charge is 0.361 e. The number of nitrogens with zero attached hydrogens (tertiary/aromatic N) is 1. The summed E-state index contributed by atoms with van der Waals surface area (Å²) in [7, 11) is 0. The maximum absolute atomic E-state index is 10.9. The molecule has 1 aliphatic rings. The molecule has 0 spiro atoms. The number of allylic oxidation sites excluding steroid dienone is 2. The Morgan fingerprint density at radius 1 is 1.44 bits per heavy atom. The minimum Gasteiger partial charge on any atom is -0.361 e. The number of hydrogen-bond acceptors (Lipinski definition) is 3. The highest BCUT2D eigenvalue weighted by molar-refractivity contribution is 6.34.